The molecule has 118 valence electrons. The Bertz CT molecular complexity index is 597. The van der Waals surface area contributed by atoms with Gasteiger partial charge in [0, 0.05) is 26.3 Å². The Morgan fingerprint density at radius 3 is 2.27 bits per heavy atom. The minimum Gasteiger partial charge on any atom is -0.347 e. The summed E-state index contributed by atoms with van der Waals surface area (Å²) in [6, 6.07) is 12.2. The number of rotatable bonds is 7. The van der Waals surface area contributed by atoms with E-state index in [1.165, 1.54) is 5.56 Å². The molecule has 0 saturated heterocycles. The number of carbonyl (C=O) groups excluding carboxylic acids is 1. The van der Waals surface area contributed by atoms with Crippen molar-refractivity contribution in [2.75, 3.05) is 13.1 Å². The maximum Gasteiger partial charge on any atom is 0.268 e. The SMILES string of the molecule is CCN(CC)Cc1ccc(CNC(=O)c2cccn2C)cc1. The van der Waals surface area contributed by atoms with Crippen LogP contribution in [0.4, 0.5) is 0 Å². The van der Waals surface area contributed by atoms with E-state index in [0.717, 1.165) is 25.2 Å². The molecule has 1 aromatic heterocycles. The van der Waals surface area contributed by atoms with E-state index in [4.69, 9.17) is 0 Å². The molecular formula is C18H25N3O. The molecule has 1 heterocycles. The average Bonchev–Trinajstić information content (AvgIpc) is 2.97. The highest BCUT2D eigenvalue weighted by Crippen LogP contribution is 2.08. The van der Waals surface area contributed by atoms with E-state index in [9.17, 15) is 4.79 Å². The highest BCUT2D eigenvalue weighted by molar-refractivity contribution is 5.92. The number of carbonyl (C=O) groups is 1. The quantitative estimate of drug-likeness (QED) is 0.853. The standard InChI is InChI=1S/C18H25N3O/c1-4-21(5-2)14-16-10-8-15(9-11-16)13-19-18(22)17-7-6-12-20(17)3/h6-12H,4-5,13-14H2,1-3H3,(H,19,22). The average molecular weight is 299 g/mol. The molecule has 0 spiro atoms. The molecule has 2 aromatic rings. The lowest BCUT2D eigenvalue weighted by Gasteiger charge is -2.18. The maximum atomic E-state index is 12.1. The van der Waals surface area contributed by atoms with Crippen molar-refractivity contribution in [2.24, 2.45) is 7.05 Å². The van der Waals surface area contributed by atoms with Gasteiger partial charge in [0.25, 0.3) is 5.91 Å². The Balaban J connectivity index is 1.89. The van der Waals surface area contributed by atoms with Crippen LogP contribution in [0.25, 0.3) is 0 Å². The van der Waals surface area contributed by atoms with Crippen LogP contribution in [0.3, 0.4) is 0 Å². The zero-order valence-corrected chi connectivity index (χ0v) is 13.7. The minimum absolute atomic E-state index is 0.0419. The van der Waals surface area contributed by atoms with Crippen LogP contribution < -0.4 is 5.32 Å². The van der Waals surface area contributed by atoms with Crippen LogP contribution >= 0.6 is 0 Å². The Morgan fingerprint density at radius 1 is 1.09 bits per heavy atom. The molecule has 0 aliphatic rings. The number of nitrogens with one attached hydrogen (secondary N) is 1. The van der Waals surface area contributed by atoms with Crippen LogP contribution in [0.2, 0.25) is 0 Å². The zero-order chi connectivity index (χ0) is 15.9. The summed E-state index contributed by atoms with van der Waals surface area (Å²) in [4.78, 5) is 14.4. The molecule has 1 amide bonds. The van der Waals surface area contributed by atoms with Gasteiger partial charge in [0.2, 0.25) is 0 Å². The van der Waals surface area contributed by atoms with Gasteiger partial charge in [-0.05, 0) is 36.3 Å². The van der Waals surface area contributed by atoms with E-state index in [0.29, 0.717) is 12.2 Å². The molecule has 0 atom stereocenters. The van der Waals surface area contributed by atoms with Gasteiger partial charge in [-0.3, -0.25) is 9.69 Å². The van der Waals surface area contributed by atoms with Crippen molar-refractivity contribution in [3.05, 3.63) is 59.4 Å². The van der Waals surface area contributed by atoms with Crippen LogP contribution in [-0.2, 0) is 20.1 Å². The summed E-state index contributed by atoms with van der Waals surface area (Å²) < 4.78 is 1.82. The van der Waals surface area contributed by atoms with E-state index >= 15 is 0 Å². The van der Waals surface area contributed by atoms with Gasteiger partial charge in [-0.15, -0.1) is 0 Å². The maximum absolute atomic E-state index is 12.1. The van der Waals surface area contributed by atoms with Crippen molar-refractivity contribution >= 4 is 5.91 Å². The first-order valence-corrected chi connectivity index (χ1v) is 7.83. The Labute approximate surface area is 132 Å². The highest BCUT2D eigenvalue weighted by atomic mass is 16.1. The van der Waals surface area contributed by atoms with E-state index in [1.54, 1.807) is 0 Å². The van der Waals surface area contributed by atoms with Crippen LogP contribution in [0.1, 0.15) is 35.5 Å². The third-order valence-corrected chi connectivity index (χ3v) is 3.95. The van der Waals surface area contributed by atoms with Gasteiger partial charge in [0.05, 0.1) is 0 Å². The predicted octanol–water partition coefficient (Wildman–Crippen LogP) is 2.80. The van der Waals surface area contributed by atoms with Crippen molar-refractivity contribution < 1.29 is 4.79 Å². The summed E-state index contributed by atoms with van der Waals surface area (Å²) in [7, 11) is 1.87. The summed E-state index contributed by atoms with van der Waals surface area (Å²) in [5.74, 6) is -0.0419. The molecule has 0 fully saturated rings. The van der Waals surface area contributed by atoms with Gasteiger partial charge < -0.3 is 9.88 Å². The predicted molar refractivity (Wildman–Crippen MR) is 89.7 cm³/mol. The molecule has 0 aliphatic heterocycles. The number of amides is 1. The number of hydrogen-bond donors (Lipinski definition) is 1. The first-order chi connectivity index (χ1) is 10.6. The highest BCUT2D eigenvalue weighted by Gasteiger charge is 2.08. The molecule has 1 N–H and O–H groups in total. The van der Waals surface area contributed by atoms with Gasteiger partial charge in [-0.25, -0.2) is 0 Å². The number of hydrogen-bond acceptors (Lipinski definition) is 2. The second kappa shape index (κ2) is 7.80. The minimum atomic E-state index is -0.0419. The monoisotopic (exact) mass is 299 g/mol. The van der Waals surface area contributed by atoms with Gasteiger partial charge in [0.1, 0.15) is 5.69 Å². The third kappa shape index (κ3) is 4.21. The number of nitrogens with zero attached hydrogens (tertiary/aromatic N) is 2. The Hall–Kier alpha value is -2.07. The number of benzene rings is 1. The van der Waals surface area contributed by atoms with Crippen LogP contribution in [-0.4, -0.2) is 28.5 Å². The fourth-order valence-electron chi connectivity index (χ4n) is 2.44. The molecule has 0 radical (unpaired) electrons. The van der Waals surface area contributed by atoms with Crippen LogP contribution in [0.5, 0.6) is 0 Å². The molecule has 22 heavy (non-hydrogen) atoms. The summed E-state index contributed by atoms with van der Waals surface area (Å²) >= 11 is 0. The van der Waals surface area contributed by atoms with Gasteiger partial charge >= 0.3 is 0 Å². The lowest BCUT2D eigenvalue weighted by Crippen LogP contribution is -2.24. The second-order valence-corrected chi connectivity index (χ2v) is 5.46. The topological polar surface area (TPSA) is 37.3 Å². The van der Waals surface area contributed by atoms with Crippen LogP contribution in [0.15, 0.2) is 42.6 Å². The number of aromatic nitrogens is 1. The normalized spacial score (nSPS) is 10.9. The van der Waals surface area contributed by atoms with Crippen LogP contribution in [0, 0.1) is 0 Å². The second-order valence-electron chi connectivity index (χ2n) is 5.46. The lowest BCUT2D eigenvalue weighted by molar-refractivity contribution is 0.0943. The summed E-state index contributed by atoms with van der Waals surface area (Å²) in [6.45, 7) is 8.00. The largest absolute Gasteiger partial charge is 0.347 e. The molecule has 1 aromatic carbocycles. The molecule has 2 rings (SSSR count). The number of aryl methyl sites for hydroxylation is 1. The Morgan fingerprint density at radius 2 is 1.73 bits per heavy atom. The Kier molecular flexibility index (Phi) is 5.78. The van der Waals surface area contributed by atoms with E-state index in [-0.39, 0.29) is 5.91 Å². The van der Waals surface area contributed by atoms with Gasteiger partial charge in [-0.1, -0.05) is 38.1 Å². The fourth-order valence-corrected chi connectivity index (χ4v) is 2.44. The molecule has 0 unspecified atom stereocenters. The van der Waals surface area contributed by atoms with Gasteiger partial charge in [-0.2, -0.15) is 0 Å². The summed E-state index contributed by atoms with van der Waals surface area (Å²) in [5.41, 5.74) is 3.10. The summed E-state index contributed by atoms with van der Waals surface area (Å²) in [6.07, 6.45) is 1.87. The molecule has 0 bridgehead atoms. The fraction of sp³-hybridized carbons (Fsp3) is 0.389. The van der Waals surface area contributed by atoms with Crippen molar-refractivity contribution in [2.45, 2.75) is 26.9 Å². The van der Waals surface area contributed by atoms with E-state index in [2.05, 4.69) is 48.3 Å². The molecule has 4 nitrogen and oxygen atoms in total. The summed E-state index contributed by atoms with van der Waals surface area (Å²) in [5, 5.41) is 2.95. The van der Waals surface area contributed by atoms with E-state index in [1.807, 2.05) is 29.9 Å². The molecule has 0 aliphatic carbocycles. The van der Waals surface area contributed by atoms with Crippen molar-refractivity contribution in [1.29, 1.82) is 0 Å². The first kappa shape index (κ1) is 16.3. The molecule has 0 saturated carbocycles. The van der Waals surface area contributed by atoms with Crippen molar-refractivity contribution in [3.8, 4) is 0 Å². The third-order valence-electron chi connectivity index (χ3n) is 3.95. The van der Waals surface area contributed by atoms with Crippen molar-refractivity contribution in [1.82, 2.24) is 14.8 Å². The lowest BCUT2D eigenvalue weighted by atomic mass is 10.1. The smallest absolute Gasteiger partial charge is 0.268 e. The van der Waals surface area contributed by atoms with Crippen molar-refractivity contribution in [3.63, 3.8) is 0 Å². The zero-order valence-electron chi connectivity index (χ0n) is 13.7. The van der Waals surface area contributed by atoms with Gasteiger partial charge in [0.15, 0.2) is 0 Å². The first-order valence-electron chi connectivity index (χ1n) is 7.83. The van der Waals surface area contributed by atoms with E-state index < -0.39 is 0 Å². The molecular weight excluding hydrogens is 274 g/mol. The molecule has 4 heteroatoms.